The van der Waals surface area contributed by atoms with E-state index in [9.17, 15) is 19.5 Å². The number of alkyl carbamates (subject to hydrolysis) is 1. The molecule has 2 aliphatic carbocycles. The lowest BCUT2D eigenvalue weighted by atomic mass is 9.83. The number of fused-ring (bicyclic) bond motifs is 3. The van der Waals surface area contributed by atoms with Crippen molar-refractivity contribution in [2.24, 2.45) is 5.92 Å². The number of hydrogen-bond acceptors (Lipinski definition) is 5. The highest BCUT2D eigenvalue weighted by molar-refractivity contribution is 5.86. The summed E-state index contributed by atoms with van der Waals surface area (Å²) in [6.07, 6.45) is 2.20. The third-order valence-corrected chi connectivity index (χ3v) is 7.30. The third kappa shape index (κ3) is 4.03. The van der Waals surface area contributed by atoms with E-state index in [-0.39, 0.29) is 43.5 Å². The van der Waals surface area contributed by atoms with Crippen LogP contribution in [0.1, 0.15) is 42.7 Å². The minimum Gasteiger partial charge on any atom is -0.479 e. The smallest absolute Gasteiger partial charge is 0.407 e. The highest BCUT2D eigenvalue weighted by atomic mass is 16.5. The Balaban J connectivity index is 1.15. The molecule has 2 atom stereocenters. The van der Waals surface area contributed by atoms with Crippen molar-refractivity contribution < 1.29 is 29.3 Å². The van der Waals surface area contributed by atoms with Gasteiger partial charge in [0.05, 0.1) is 13.1 Å². The number of ether oxygens (including phenoxy) is 1. The number of carboxylic acids is 1. The fourth-order valence-electron chi connectivity index (χ4n) is 5.49. The lowest BCUT2D eigenvalue weighted by molar-refractivity contribution is -0.184. The molecule has 3 aliphatic rings. The summed E-state index contributed by atoms with van der Waals surface area (Å²) in [6.45, 7) is -0.152. The van der Waals surface area contributed by atoms with Crippen molar-refractivity contribution in [3.63, 3.8) is 0 Å². The number of hydrogen-bond donors (Lipinski definition) is 3. The van der Waals surface area contributed by atoms with E-state index in [1.54, 1.807) is 0 Å². The molecular formula is C26H28N2O6. The molecule has 0 spiro atoms. The molecule has 0 bridgehead atoms. The van der Waals surface area contributed by atoms with E-state index < -0.39 is 17.7 Å². The van der Waals surface area contributed by atoms with Gasteiger partial charge in [-0.05, 0) is 41.5 Å². The van der Waals surface area contributed by atoms with Crippen molar-refractivity contribution in [2.45, 2.75) is 43.2 Å². The molecule has 1 heterocycles. The zero-order valence-corrected chi connectivity index (χ0v) is 18.8. The van der Waals surface area contributed by atoms with E-state index in [0.717, 1.165) is 24.0 Å². The summed E-state index contributed by atoms with van der Waals surface area (Å²) in [5, 5.41) is 21.8. The summed E-state index contributed by atoms with van der Waals surface area (Å²) >= 11 is 0. The molecule has 2 amide bonds. The van der Waals surface area contributed by atoms with E-state index in [1.165, 1.54) is 16.0 Å². The first kappa shape index (κ1) is 22.4. The molecule has 1 aliphatic heterocycles. The average molecular weight is 465 g/mol. The van der Waals surface area contributed by atoms with Gasteiger partial charge in [0.15, 0.2) is 5.60 Å². The van der Waals surface area contributed by atoms with E-state index in [4.69, 9.17) is 9.84 Å². The number of nitrogens with one attached hydrogen (secondary N) is 1. The van der Waals surface area contributed by atoms with Crippen molar-refractivity contribution >= 4 is 18.0 Å². The van der Waals surface area contributed by atoms with Crippen LogP contribution in [0.3, 0.4) is 0 Å². The van der Waals surface area contributed by atoms with Crippen LogP contribution in [0.2, 0.25) is 0 Å². The number of aliphatic hydroxyl groups is 1. The number of benzene rings is 2. The van der Waals surface area contributed by atoms with Gasteiger partial charge in [0.25, 0.3) is 0 Å². The van der Waals surface area contributed by atoms with Crippen molar-refractivity contribution in [3.8, 4) is 11.1 Å². The van der Waals surface area contributed by atoms with E-state index in [0.29, 0.717) is 12.8 Å². The van der Waals surface area contributed by atoms with Gasteiger partial charge in [-0.15, -0.1) is 0 Å². The standard InChI is InChI=1S/C26H28N2O6/c29-23(28-14-26(33,15-28)24(30)31)16-6-5-7-17(12-16)27-25(32)34-13-22-20-10-3-1-8-18(20)19-9-2-4-11-21(19)22/h1-4,8-11,16-17,22,33H,5-7,12-15H2,(H,27,32)(H,30,31)/t16-,17+/m0/s1. The van der Waals surface area contributed by atoms with Crippen LogP contribution in [-0.4, -0.2) is 64.4 Å². The van der Waals surface area contributed by atoms with Crippen LogP contribution in [0.4, 0.5) is 4.79 Å². The molecule has 1 saturated heterocycles. The normalized spacial score (nSPS) is 22.8. The summed E-state index contributed by atoms with van der Waals surface area (Å²) in [5.41, 5.74) is 2.79. The Morgan fingerprint density at radius 3 is 2.24 bits per heavy atom. The van der Waals surface area contributed by atoms with Crippen LogP contribution < -0.4 is 5.32 Å². The summed E-state index contributed by atoms with van der Waals surface area (Å²) in [5.74, 6) is -1.79. The number of carbonyl (C=O) groups excluding carboxylic acids is 2. The number of amides is 2. The summed E-state index contributed by atoms with van der Waals surface area (Å²) in [6, 6.07) is 16.1. The van der Waals surface area contributed by atoms with Gasteiger partial charge in [0.2, 0.25) is 5.91 Å². The highest BCUT2D eigenvalue weighted by Crippen LogP contribution is 2.44. The third-order valence-electron chi connectivity index (χ3n) is 7.30. The summed E-state index contributed by atoms with van der Waals surface area (Å²) in [4.78, 5) is 37.8. The quantitative estimate of drug-likeness (QED) is 0.627. The Morgan fingerprint density at radius 1 is 1.00 bits per heavy atom. The van der Waals surface area contributed by atoms with Crippen LogP contribution in [0.15, 0.2) is 48.5 Å². The van der Waals surface area contributed by atoms with Crippen LogP contribution in [0, 0.1) is 5.92 Å². The second-order valence-corrected chi connectivity index (χ2v) is 9.56. The molecule has 2 aromatic rings. The number of aliphatic carboxylic acids is 1. The Labute approximate surface area is 197 Å². The molecule has 8 heteroatoms. The molecule has 0 radical (unpaired) electrons. The topological polar surface area (TPSA) is 116 Å². The van der Waals surface area contributed by atoms with E-state index in [1.807, 2.05) is 24.3 Å². The van der Waals surface area contributed by atoms with E-state index in [2.05, 4.69) is 29.6 Å². The molecule has 3 N–H and O–H groups in total. The minimum atomic E-state index is -1.84. The van der Waals surface area contributed by atoms with Crippen molar-refractivity contribution in [3.05, 3.63) is 59.7 Å². The van der Waals surface area contributed by atoms with Crippen LogP contribution in [0.25, 0.3) is 11.1 Å². The first-order valence-corrected chi connectivity index (χ1v) is 11.7. The molecule has 2 fully saturated rings. The van der Waals surface area contributed by atoms with Gasteiger partial charge >= 0.3 is 12.1 Å². The minimum absolute atomic E-state index is 0.0155. The van der Waals surface area contributed by atoms with Crippen molar-refractivity contribution in [2.75, 3.05) is 19.7 Å². The van der Waals surface area contributed by atoms with Gasteiger partial charge in [0, 0.05) is 17.9 Å². The molecule has 34 heavy (non-hydrogen) atoms. The van der Waals surface area contributed by atoms with Gasteiger partial charge in [-0.25, -0.2) is 9.59 Å². The predicted molar refractivity (Wildman–Crippen MR) is 123 cm³/mol. The molecule has 0 unspecified atom stereocenters. The maximum absolute atomic E-state index is 12.7. The Kier molecular flexibility index (Phi) is 5.77. The summed E-state index contributed by atoms with van der Waals surface area (Å²) in [7, 11) is 0. The summed E-state index contributed by atoms with van der Waals surface area (Å²) < 4.78 is 5.63. The van der Waals surface area contributed by atoms with E-state index >= 15 is 0 Å². The first-order chi connectivity index (χ1) is 16.4. The van der Waals surface area contributed by atoms with Crippen molar-refractivity contribution in [1.82, 2.24) is 10.2 Å². The molecule has 2 aromatic carbocycles. The first-order valence-electron chi connectivity index (χ1n) is 11.7. The van der Waals surface area contributed by atoms with Gasteiger partial charge < -0.3 is 25.2 Å². The molecule has 178 valence electrons. The number of likely N-dealkylation sites (tertiary alicyclic amines) is 1. The second kappa shape index (κ2) is 8.76. The maximum atomic E-state index is 12.7. The monoisotopic (exact) mass is 464 g/mol. The van der Waals surface area contributed by atoms with Crippen LogP contribution >= 0.6 is 0 Å². The SMILES string of the molecule is O=C(N[C@@H]1CCC[C@H](C(=O)N2CC(O)(C(=O)O)C2)C1)OCC1c2ccccc2-c2ccccc21. The Hall–Kier alpha value is -3.39. The molecule has 1 saturated carbocycles. The lowest BCUT2D eigenvalue weighted by Crippen LogP contribution is -2.68. The maximum Gasteiger partial charge on any atom is 0.407 e. The molecule has 8 nitrogen and oxygen atoms in total. The molecule has 5 rings (SSSR count). The lowest BCUT2D eigenvalue weighted by Gasteiger charge is -2.45. The number of β-amino-alcohol motifs (C(OH)–C–C–N with tert-alkyl or cyclic N) is 1. The van der Waals surface area contributed by atoms with Gasteiger partial charge in [-0.1, -0.05) is 55.0 Å². The second-order valence-electron chi connectivity index (χ2n) is 9.56. The number of nitrogens with zero attached hydrogens (tertiary/aromatic N) is 1. The van der Waals surface area contributed by atoms with Gasteiger partial charge in [0.1, 0.15) is 6.61 Å². The van der Waals surface area contributed by atoms with Crippen LogP contribution in [-0.2, 0) is 14.3 Å². The highest BCUT2D eigenvalue weighted by Gasteiger charge is 2.51. The predicted octanol–water partition coefficient (Wildman–Crippen LogP) is 2.74. The largest absolute Gasteiger partial charge is 0.479 e. The average Bonchev–Trinajstić information content (AvgIpc) is 3.14. The Morgan fingerprint density at radius 2 is 1.62 bits per heavy atom. The number of rotatable bonds is 5. The van der Waals surface area contributed by atoms with Crippen molar-refractivity contribution in [1.29, 1.82) is 0 Å². The van der Waals surface area contributed by atoms with Gasteiger partial charge in [-0.2, -0.15) is 0 Å². The molecular weight excluding hydrogens is 436 g/mol. The zero-order valence-electron chi connectivity index (χ0n) is 18.8. The molecule has 0 aromatic heterocycles. The number of carbonyl (C=O) groups is 3. The Bertz CT molecular complexity index is 1080. The fourth-order valence-corrected chi connectivity index (χ4v) is 5.49. The fraction of sp³-hybridized carbons (Fsp3) is 0.423. The zero-order chi connectivity index (χ0) is 23.9. The van der Waals surface area contributed by atoms with Gasteiger partial charge in [-0.3, -0.25) is 4.79 Å². The number of carboxylic acid groups (broad SMARTS) is 1. The van der Waals surface area contributed by atoms with Crippen LogP contribution in [0.5, 0.6) is 0 Å².